The van der Waals surface area contributed by atoms with E-state index in [1.54, 1.807) is 60.9 Å². The molecule has 28 rings (SSSR count). The average Bonchev–Trinajstić information content (AvgIpc) is 1.31. The second-order valence-electron chi connectivity index (χ2n) is 48.6. The van der Waals surface area contributed by atoms with Gasteiger partial charge in [0.25, 0.3) is 44.5 Å². The molecule has 8 aliphatic heterocycles. The molecule has 784 valence electrons. The van der Waals surface area contributed by atoms with Crippen molar-refractivity contribution in [3.05, 3.63) is 253 Å². The molecule has 8 saturated carbocycles. The molecule has 0 spiro atoms. The summed E-state index contributed by atoms with van der Waals surface area (Å²) in [6, 6.07) is 52.1. The average molecular weight is 2030 g/mol. The fraction of sp³-hybridized carbons (Fsp3) is 0.557. The normalized spacial score (nSPS) is 31.7. The van der Waals surface area contributed by atoms with Crippen LogP contribution in [0.15, 0.2) is 209 Å². The van der Waals surface area contributed by atoms with Crippen LogP contribution in [-0.4, -0.2) is 174 Å². The molecule has 12 aromatic rings. The SMILES string of the molecule is CC1C[C@@H]2CC(N3[C@@H]4CC[C@H]3CC(n3c(=O)c(-c5ccc[nH]c5=O)nc5ccccc53)C4)C[C@H](C1)C2.COC(=O)Cn1cccc(-c2nc3ccccc3n(C3C[C@H]4CC[C@@H](C3)N4C3C[C@H]4CCC[C@@H](C3)C4)c2=O)c1=O.O=C(O)Cn1cccc(-c2nc3ccccc3n(C3C[C@H]4CC[C@@H](C3)N4C3C[C@H]4CCC[C@@H](C3)C4)c2=O)c1=O.O=c1[nH]cccc1-c1nc2ccccc2n(C2C[C@H]3CC[C@@H](C2)N3C2C[C@H]3CCC[C@@H](C2)C3)c1=O. The molecule has 8 saturated heterocycles. The highest BCUT2D eigenvalue weighted by Crippen LogP contribution is 2.55. The minimum Gasteiger partial charge on any atom is -0.480 e. The number of para-hydroxylation sites is 8. The van der Waals surface area contributed by atoms with Gasteiger partial charge in [-0.2, -0.15) is 0 Å². The number of hydrogen-bond acceptors (Lipinski definition) is 19. The summed E-state index contributed by atoms with van der Waals surface area (Å²) in [5.41, 5.74) is 5.97. The molecule has 28 nitrogen and oxygen atoms in total. The summed E-state index contributed by atoms with van der Waals surface area (Å²) in [6.07, 6.45) is 56.0. The number of nitrogens with zero attached hydrogens (tertiary/aromatic N) is 14. The minimum atomic E-state index is -1.11. The maximum atomic E-state index is 14.2. The van der Waals surface area contributed by atoms with Gasteiger partial charge < -0.3 is 47.2 Å². The van der Waals surface area contributed by atoms with Crippen LogP contribution >= 0.6 is 0 Å². The number of pyridine rings is 4. The first-order chi connectivity index (χ1) is 73.2. The van der Waals surface area contributed by atoms with Crippen LogP contribution in [0.25, 0.3) is 89.2 Å². The van der Waals surface area contributed by atoms with Gasteiger partial charge in [-0.25, -0.2) is 19.9 Å². The number of hydrogen-bond donors (Lipinski definition) is 3. The van der Waals surface area contributed by atoms with E-state index in [1.807, 2.05) is 115 Å². The van der Waals surface area contributed by atoms with Crippen molar-refractivity contribution in [1.29, 1.82) is 0 Å². The molecule has 28 heteroatoms. The lowest BCUT2D eigenvalue weighted by Crippen LogP contribution is -2.53. The lowest BCUT2D eigenvalue weighted by atomic mass is 9.66. The van der Waals surface area contributed by atoms with E-state index in [4.69, 9.17) is 9.72 Å². The van der Waals surface area contributed by atoms with Crippen molar-refractivity contribution in [2.45, 2.75) is 367 Å². The zero-order valence-corrected chi connectivity index (χ0v) is 86.8. The van der Waals surface area contributed by atoms with Gasteiger partial charge in [0, 0.05) is 121 Å². The number of H-pyrrole nitrogens is 2. The van der Waals surface area contributed by atoms with Crippen LogP contribution in [0.2, 0.25) is 0 Å². The molecule has 3 N–H and O–H groups in total. The third kappa shape index (κ3) is 18.9. The Morgan fingerprint density at radius 3 is 0.827 bits per heavy atom. The van der Waals surface area contributed by atoms with Crippen molar-refractivity contribution in [1.82, 2.24) is 76.9 Å². The van der Waals surface area contributed by atoms with E-state index in [2.05, 4.69) is 51.4 Å². The van der Waals surface area contributed by atoms with Crippen molar-refractivity contribution in [3.63, 3.8) is 0 Å². The van der Waals surface area contributed by atoms with E-state index in [1.165, 1.54) is 223 Å². The summed E-state index contributed by atoms with van der Waals surface area (Å²) < 4.78 is 15.0. The molecular formula is C122H144N16O12. The van der Waals surface area contributed by atoms with Gasteiger partial charge in [-0.15, -0.1) is 0 Å². The van der Waals surface area contributed by atoms with Crippen LogP contribution < -0.4 is 44.5 Å². The second-order valence-corrected chi connectivity index (χ2v) is 48.6. The number of carboxylic acids is 1. The molecule has 16 bridgehead atoms. The highest BCUT2D eigenvalue weighted by atomic mass is 16.5. The molecule has 0 radical (unpaired) electrons. The van der Waals surface area contributed by atoms with E-state index in [9.17, 15) is 53.1 Å². The first kappa shape index (κ1) is 98.7. The predicted molar refractivity (Wildman–Crippen MR) is 581 cm³/mol. The van der Waals surface area contributed by atoms with Gasteiger partial charge in [-0.1, -0.05) is 113 Å². The van der Waals surface area contributed by atoms with Crippen molar-refractivity contribution in [2.75, 3.05) is 7.11 Å². The smallest absolute Gasteiger partial charge is 0.325 e. The van der Waals surface area contributed by atoms with Crippen molar-refractivity contribution in [2.24, 2.45) is 53.3 Å². The van der Waals surface area contributed by atoms with E-state index >= 15 is 0 Å². The summed E-state index contributed by atoms with van der Waals surface area (Å²) in [5, 5.41) is 9.24. The Bertz CT molecular complexity index is 7560. The number of carbonyl (C=O) groups is 2. The van der Waals surface area contributed by atoms with Gasteiger partial charge in [-0.05, 0) is 343 Å². The zero-order chi connectivity index (χ0) is 102. The molecule has 16 aliphatic rings. The van der Waals surface area contributed by atoms with Gasteiger partial charge in [0.1, 0.15) is 35.9 Å². The number of piperidine rings is 4. The van der Waals surface area contributed by atoms with Crippen molar-refractivity contribution < 1.29 is 19.4 Å². The molecule has 0 amide bonds. The lowest BCUT2D eigenvalue weighted by Gasteiger charge is -2.50. The quantitative estimate of drug-likeness (QED) is 0.0757. The monoisotopic (exact) mass is 2030 g/mol. The molecule has 8 aliphatic carbocycles. The van der Waals surface area contributed by atoms with Gasteiger partial charge in [-0.3, -0.25) is 67.5 Å². The lowest BCUT2D eigenvalue weighted by molar-refractivity contribution is -0.141. The van der Waals surface area contributed by atoms with Crippen LogP contribution in [0.5, 0.6) is 0 Å². The number of methoxy groups -OCH3 is 1. The topological polar surface area (TPSA) is 326 Å². The molecule has 4 aromatic carbocycles. The number of aromatic amines is 2. The van der Waals surface area contributed by atoms with Gasteiger partial charge in [0.15, 0.2) is 0 Å². The Morgan fingerprint density at radius 1 is 0.287 bits per heavy atom. The molecule has 16 heterocycles. The largest absolute Gasteiger partial charge is 0.480 e. The predicted octanol–water partition coefficient (Wildman–Crippen LogP) is 19.0. The number of aromatic nitrogens is 12. The summed E-state index contributed by atoms with van der Waals surface area (Å²) in [4.78, 5) is 167. The summed E-state index contributed by atoms with van der Waals surface area (Å²) in [7, 11) is 1.29. The number of aliphatic carboxylic acids is 1. The molecular weight excluding hydrogens is 1880 g/mol. The third-order valence-electron chi connectivity index (χ3n) is 39.6. The Labute approximate surface area is 872 Å². The van der Waals surface area contributed by atoms with Gasteiger partial charge >= 0.3 is 11.9 Å². The molecule has 150 heavy (non-hydrogen) atoms. The number of esters is 1. The number of ether oxygens (including phenoxy) is 1. The Kier molecular flexibility index (Phi) is 27.3. The molecule has 25 atom stereocenters. The Balaban J connectivity index is 0.000000104. The van der Waals surface area contributed by atoms with Crippen molar-refractivity contribution >= 4 is 56.1 Å². The molecule has 8 aromatic heterocycles. The number of benzene rings is 4. The fourth-order valence-electron chi connectivity index (χ4n) is 34.2. The number of carbonyl (C=O) groups excluding carboxylic acids is 1. The number of rotatable bonds is 16. The second kappa shape index (κ2) is 41.5. The van der Waals surface area contributed by atoms with Crippen LogP contribution in [0.4, 0.5) is 0 Å². The van der Waals surface area contributed by atoms with Crippen molar-refractivity contribution in [3.8, 4) is 45.0 Å². The first-order valence-corrected chi connectivity index (χ1v) is 57.4. The highest BCUT2D eigenvalue weighted by Gasteiger charge is 2.54. The van der Waals surface area contributed by atoms with E-state index in [0.29, 0.717) is 82.6 Å². The minimum absolute atomic E-state index is 0.0472. The van der Waals surface area contributed by atoms with Gasteiger partial charge in [0.05, 0.1) is 73.5 Å². The van der Waals surface area contributed by atoms with E-state index in [0.717, 1.165) is 154 Å². The number of nitrogens with one attached hydrogen (secondary N) is 2. The zero-order valence-electron chi connectivity index (χ0n) is 86.8. The molecule has 9 unspecified atom stereocenters. The summed E-state index contributed by atoms with van der Waals surface area (Å²) in [5.74, 6) is 6.54. The number of carboxylic acid groups (broad SMARTS) is 1. The number of fused-ring (bicyclic) bond motifs is 20. The van der Waals surface area contributed by atoms with Crippen LogP contribution in [0, 0.1) is 53.3 Å². The van der Waals surface area contributed by atoms with Crippen LogP contribution in [0.3, 0.4) is 0 Å². The fourth-order valence-corrected chi connectivity index (χ4v) is 34.2. The maximum Gasteiger partial charge on any atom is 0.325 e. The van der Waals surface area contributed by atoms with E-state index in [-0.39, 0.29) is 98.0 Å². The Hall–Kier alpha value is -12.0. The third-order valence-corrected chi connectivity index (χ3v) is 39.6. The summed E-state index contributed by atoms with van der Waals surface area (Å²) in [6.45, 7) is 1.78. The highest BCUT2D eigenvalue weighted by molar-refractivity contribution is 5.82. The first-order valence-electron chi connectivity index (χ1n) is 57.4. The summed E-state index contributed by atoms with van der Waals surface area (Å²) >= 11 is 0. The standard InChI is InChI=1S/C32H38N4O4.C31H36N4O4.C30H36N4O2.C29H34N4O2/c1-40-29(37)19-34-13-5-8-26(31(34)38)30-32(39)36(28-10-3-2-9-27(28)33-30)25-17-22-11-12-23(18-25)35(22)24-15-20-6-4-7-21(14-20)16-24;36-28(37)18-33-12-4-7-25(30(33)38)29-31(39)35(27-9-2-1-8-26(27)32-29)24-16-21-10-11-22(17-24)34(21)23-14-19-5-3-6-20(13-19)15-23;1-18-11-19-13-20(12-18)15-23(14-19)33-21-8-9-22(33)17-24(16-21)34-27-7-3-2-6-26(27)32-28(30(34)36)25-5-4-10-31-29(25)35;34-28-24(7-4-12-30-28)27-29(35)33(26-9-2-1-8-25(26)31-27)23-16-20-10-11-21(17-23)32(20)22-14-18-5-3-6-19(13-18)15-22/h2-3,5,8-10,13,20-25H,4,6-7,11-12,14-19H2,1H3;1-2,4,7-9,12,19-24H,3,5-6,10-11,13-18H2,(H,36,37);2-7,10,18-24H,8-9,11-17H2,1H3,(H,31,35);1-2,4,7-9,12,18-23H,3,5-6,10-11,13-17H2,(H,30,34)/t20-,21+,22-,23+,24?,25?;19-,20+,21-,22+,23?,24?;18?,19-,20+,21-,22+,23?,24?;18-,19+,20-,21+,22?,23?. The maximum absolute atomic E-state index is 14.2. The van der Waals surface area contributed by atoms with Crippen LogP contribution in [0.1, 0.15) is 282 Å². The van der Waals surface area contributed by atoms with Gasteiger partial charge in [0.2, 0.25) is 0 Å². The Morgan fingerprint density at radius 2 is 0.547 bits per heavy atom. The van der Waals surface area contributed by atoms with Crippen LogP contribution in [-0.2, 0) is 27.4 Å². The molecule has 16 fully saturated rings. The van der Waals surface area contributed by atoms with E-state index < -0.39 is 29.6 Å².